The quantitative estimate of drug-likeness (QED) is 0.629. The van der Waals surface area contributed by atoms with E-state index in [1.165, 1.54) is 19.2 Å². The molecule has 1 N–H and O–H groups in total. The number of aryl methyl sites for hydroxylation is 2. The van der Waals surface area contributed by atoms with Crippen molar-refractivity contribution < 1.29 is 22.1 Å². The van der Waals surface area contributed by atoms with Gasteiger partial charge in [0.15, 0.2) is 11.5 Å². The second-order valence-electron chi connectivity index (χ2n) is 8.89. The van der Waals surface area contributed by atoms with Crippen molar-refractivity contribution in [3.8, 4) is 17.6 Å². The minimum atomic E-state index is -4.05. The molecular formula is C25H29N3O5S. The second kappa shape index (κ2) is 9.65. The van der Waals surface area contributed by atoms with Crippen LogP contribution in [-0.2, 0) is 14.9 Å². The number of nitrogens with one attached hydrogen (secondary N) is 1. The average Bonchev–Trinajstić information content (AvgIpc) is 3.49. The van der Waals surface area contributed by atoms with E-state index in [0.717, 1.165) is 23.1 Å². The van der Waals surface area contributed by atoms with E-state index in [4.69, 9.17) is 8.92 Å². The Kier molecular flexibility index (Phi) is 6.82. The fraction of sp³-hybridized carbons (Fsp3) is 0.440. The lowest BCUT2D eigenvalue weighted by molar-refractivity contribution is -0.133. The third kappa shape index (κ3) is 4.61. The fourth-order valence-electron chi connectivity index (χ4n) is 4.84. The van der Waals surface area contributed by atoms with Crippen LogP contribution < -0.4 is 14.2 Å². The van der Waals surface area contributed by atoms with Crippen LogP contribution in [-0.4, -0.2) is 51.5 Å². The summed E-state index contributed by atoms with van der Waals surface area (Å²) in [6, 6.07) is 11.3. The first-order chi connectivity index (χ1) is 16.2. The van der Waals surface area contributed by atoms with Crippen LogP contribution >= 0.6 is 0 Å². The normalized spacial score (nSPS) is 22.4. The van der Waals surface area contributed by atoms with Crippen LogP contribution in [0.2, 0.25) is 0 Å². The van der Waals surface area contributed by atoms with Crippen molar-refractivity contribution in [3.05, 3.63) is 53.1 Å². The third-order valence-electron chi connectivity index (χ3n) is 6.61. The lowest BCUT2D eigenvalue weighted by Gasteiger charge is -2.23. The number of ether oxygens (including phenoxy) is 1. The van der Waals surface area contributed by atoms with Gasteiger partial charge in [0.25, 0.3) is 0 Å². The maximum absolute atomic E-state index is 13.0. The lowest BCUT2D eigenvalue weighted by Crippen LogP contribution is -2.45. The zero-order valence-electron chi connectivity index (χ0n) is 19.6. The summed E-state index contributed by atoms with van der Waals surface area (Å²) < 4.78 is 36.9. The smallest absolute Gasteiger partial charge is 0.339 e. The molecular weight excluding hydrogens is 454 g/mol. The predicted octanol–water partition coefficient (Wildman–Crippen LogP) is 3.04. The van der Waals surface area contributed by atoms with Gasteiger partial charge >= 0.3 is 10.1 Å². The molecule has 3 atom stereocenters. The van der Waals surface area contributed by atoms with Crippen LogP contribution in [0.4, 0.5) is 0 Å². The maximum Gasteiger partial charge on any atom is 0.339 e. The van der Waals surface area contributed by atoms with Crippen molar-refractivity contribution in [1.82, 2.24) is 10.2 Å². The van der Waals surface area contributed by atoms with E-state index in [2.05, 4.69) is 11.4 Å². The first-order valence-electron chi connectivity index (χ1n) is 11.4. The van der Waals surface area contributed by atoms with Gasteiger partial charge in [-0.1, -0.05) is 23.8 Å². The molecule has 0 aromatic heterocycles. The number of methoxy groups -OCH3 is 1. The highest BCUT2D eigenvalue weighted by Crippen LogP contribution is 2.42. The molecule has 1 amide bonds. The van der Waals surface area contributed by atoms with Gasteiger partial charge in [0.1, 0.15) is 10.9 Å². The molecule has 34 heavy (non-hydrogen) atoms. The Labute approximate surface area is 200 Å². The van der Waals surface area contributed by atoms with Gasteiger partial charge in [-0.05, 0) is 56.9 Å². The van der Waals surface area contributed by atoms with E-state index in [1.807, 2.05) is 13.8 Å². The molecule has 0 aliphatic carbocycles. The lowest BCUT2D eigenvalue weighted by atomic mass is 9.91. The van der Waals surface area contributed by atoms with Gasteiger partial charge in [-0.3, -0.25) is 4.79 Å². The van der Waals surface area contributed by atoms with E-state index in [0.29, 0.717) is 31.7 Å². The van der Waals surface area contributed by atoms with Crippen molar-refractivity contribution >= 4 is 16.0 Å². The van der Waals surface area contributed by atoms with E-state index >= 15 is 0 Å². The molecule has 0 bridgehead atoms. The summed E-state index contributed by atoms with van der Waals surface area (Å²) in [5.74, 6) is 0.337. The first kappa shape index (κ1) is 24.0. The van der Waals surface area contributed by atoms with Crippen molar-refractivity contribution in [2.24, 2.45) is 0 Å². The standard InChI is InChI=1S/C25H29N3O5S/c1-16-6-9-20(10-7-16)34(30,31)33-22-11-8-17(2)23(24(22)32-3)18-13-21(27-15-18)25(29)28-12-4-5-19(28)14-26/h6-11,18-19,21,27H,4-5,12-13,15H2,1-3H3/t18-,19-,21-/m0/s1. The number of carbonyl (C=O) groups is 1. The van der Waals surface area contributed by atoms with Crippen LogP contribution in [0.3, 0.4) is 0 Å². The van der Waals surface area contributed by atoms with Gasteiger partial charge in [0, 0.05) is 24.6 Å². The molecule has 2 aliphatic rings. The first-order valence-corrected chi connectivity index (χ1v) is 12.8. The van der Waals surface area contributed by atoms with Gasteiger partial charge in [0.05, 0.1) is 19.2 Å². The Morgan fingerprint density at radius 3 is 2.59 bits per heavy atom. The van der Waals surface area contributed by atoms with Gasteiger partial charge < -0.3 is 19.1 Å². The highest BCUT2D eigenvalue weighted by atomic mass is 32.2. The van der Waals surface area contributed by atoms with Gasteiger partial charge in [-0.15, -0.1) is 0 Å². The number of hydrogen-bond acceptors (Lipinski definition) is 7. The Morgan fingerprint density at radius 2 is 1.91 bits per heavy atom. The zero-order chi connectivity index (χ0) is 24.5. The topological polar surface area (TPSA) is 109 Å². The van der Waals surface area contributed by atoms with Crippen molar-refractivity contribution in [3.63, 3.8) is 0 Å². The molecule has 0 unspecified atom stereocenters. The molecule has 9 heteroatoms. The highest BCUT2D eigenvalue weighted by molar-refractivity contribution is 7.87. The van der Waals surface area contributed by atoms with E-state index in [1.54, 1.807) is 29.2 Å². The van der Waals surface area contributed by atoms with Crippen LogP contribution in [0.5, 0.6) is 11.5 Å². The summed E-state index contributed by atoms with van der Waals surface area (Å²) in [5.41, 5.74) is 2.69. The van der Waals surface area contributed by atoms with Gasteiger partial charge in [-0.2, -0.15) is 13.7 Å². The molecule has 8 nitrogen and oxygen atoms in total. The summed E-state index contributed by atoms with van der Waals surface area (Å²) in [4.78, 5) is 14.8. The molecule has 2 aliphatic heterocycles. The average molecular weight is 484 g/mol. The minimum Gasteiger partial charge on any atom is -0.492 e. The van der Waals surface area contributed by atoms with Gasteiger partial charge in [-0.25, -0.2) is 0 Å². The summed E-state index contributed by atoms with van der Waals surface area (Å²) in [5, 5.41) is 12.6. The number of rotatable bonds is 6. The van der Waals surface area contributed by atoms with Gasteiger partial charge in [0.2, 0.25) is 5.91 Å². The van der Waals surface area contributed by atoms with E-state index < -0.39 is 16.2 Å². The number of benzene rings is 2. The molecule has 2 aromatic carbocycles. The maximum atomic E-state index is 13.0. The molecule has 2 saturated heterocycles. The van der Waals surface area contributed by atoms with Crippen LogP contribution in [0.15, 0.2) is 41.3 Å². The minimum absolute atomic E-state index is 0.0578. The Bertz CT molecular complexity index is 1220. The molecule has 180 valence electrons. The zero-order valence-corrected chi connectivity index (χ0v) is 20.4. The number of likely N-dealkylation sites (tertiary alicyclic amines) is 1. The van der Waals surface area contributed by atoms with Crippen LogP contribution in [0.25, 0.3) is 0 Å². The number of nitrogens with zero attached hydrogens (tertiary/aromatic N) is 2. The SMILES string of the molecule is COc1c(OS(=O)(=O)c2ccc(C)cc2)ccc(C)c1[C@@H]1CN[C@H](C(=O)N2CCC[C@H]2C#N)C1. The number of nitriles is 1. The van der Waals surface area contributed by atoms with E-state index in [9.17, 15) is 18.5 Å². The summed E-state index contributed by atoms with van der Waals surface area (Å²) in [6.07, 6.45) is 2.07. The van der Waals surface area contributed by atoms with Crippen molar-refractivity contribution in [2.75, 3.05) is 20.2 Å². The molecule has 0 radical (unpaired) electrons. The number of amides is 1. The second-order valence-corrected chi connectivity index (χ2v) is 10.4. The summed E-state index contributed by atoms with van der Waals surface area (Å²) >= 11 is 0. The predicted molar refractivity (Wildman–Crippen MR) is 126 cm³/mol. The summed E-state index contributed by atoms with van der Waals surface area (Å²) in [7, 11) is -2.56. The molecule has 0 saturated carbocycles. The Morgan fingerprint density at radius 1 is 1.18 bits per heavy atom. The molecule has 2 aromatic rings. The molecule has 2 fully saturated rings. The molecule has 4 rings (SSSR count). The van der Waals surface area contributed by atoms with Crippen molar-refractivity contribution in [1.29, 1.82) is 5.26 Å². The largest absolute Gasteiger partial charge is 0.492 e. The molecule has 2 heterocycles. The Hall–Kier alpha value is -3.09. The molecule has 0 spiro atoms. The van der Waals surface area contributed by atoms with Crippen LogP contribution in [0, 0.1) is 25.2 Å². The monoisotopic (exact) mass is 483 g/mol. The fourth-order valence-corrected chi connectivity index (χ4v) is 5.77. The number of carbonyl (C=O) groups excluding carboxylic acids is 1. The van der Waals surface area contributed by atoms with Crippen molar-refractivity contribution in [2.45, 2.75) is 56.0 Å². The van der Waals surface area contributed by atoms with E-state index in [-0.39, 0.29) is 28.5 Å². The third-order valence-corrected chi connectivity index (χ3v) is 7.86. The summed E-state index contributed by atoms with van der Waals surface area (Å²) in [6.45, 7) is 4.94. The van der Waals surface area contributed by atoms with Crippen LogP contribution in [0.1, 0.15) is 41.9 Å². The number of hydrogen-bond donors (Lipinski definition) is 1. The Balaban J connectivity index is 1.58. The highest BCUT2D eigenvalue weighted by Gasteiger charge is 2.39.